The second-order valence-electron chi connectivity index (χ2n) is 5.22. The summed E-state index contributed by atoms with van der Waals surface area (Å²) in [5.74, 6) is 1.65. The van der Waals surface area contributed by atoms with Crippen LogP contribution in [0.1, 0.15) is 10.9 Å². The number of anilines is 1. The third-order valence-corrected chi connectivity index (χ3v) is 5.71. The van der Waals surface area contributed by atoms with Crippen molar-refractivity contribution in [3.8, 4) is 5.75 Å². The lowest BCUT2D eigenvalue weighted by molar-refractivity contribution is 0.213. The quantitative estimate of drug-likeness (QED) is 0.784. The van der Waals surface area contributed by atoms with Gasteiger partial charge in [0.2, 0.25) is 0 Å². The van der Waals surface area contributed by atoms with Crippen LogP contribution in [0.3, 0.4) is 0 Å². The Morgan fingerprint density at radius 2 is 2.04 bits per heavy atom. The van der Waals surface area contributed by atoms with Crippen molar-refractivity contribution < 1.29 is 9.53 Å². The lowest BCUT2D eigenvalue weighted by atomic mass is 10.2. The van der Waals surface area contributed by atoms with E-state index in [0.717, 1.165) is 17.1 Å². The molecule has 0 unspecified atom stereocenters. The van der Waals surface area contributed by atoms with Crippen LogP contribution < -0.4 is 10.1 Å². The number of nitrogens with zero attached hydrogens (tertiary/aromatic N) is 1. The van der Waals surface area contributed by atoms with Crippen LogP contribution in [0.15, 0.2) is 42.5 Å². The smallest absolute Gasteiger partial charge is 0.323 e. The minimum absolute atomic E-state index is 0.0797. The average Bonchev–Trinajstić information content (AvgIpc) is 3.07. The molecular weight excluding hydrogens is 367 g/mol. The van der Waals surface area contributed by atoms with Crippen molar-refractivity contribution in [2.24, 2.45) is 0 Å². The molecule has 0 spiro atoms. The van der Waals surface area contributed by atoms with Crippen molar-refractivity contribution in [2.45, 2.75) is 5.37 Å². The first-order valence-corrected chi connectivity index (χ1v) is 9.18. The summed E-state index contributed by atoms with van der Waals surface area (Å²) in [6.07, 6.45) is 0. The number of halogens is 2. The molecule has 7 heteroatoms. The normalized spacial score (nSPS) is 17.0. The predicted molar refractivity (Wildman–Crippen MR) is 100 cm³/mol. The number of urea groups is 1. The van der Waals surface area contributed by atoms with Crippen LogP contribution >= 0.6 is 35.0 Å². The number of methoxy groups -OCH3 is 1. The Morgan fingerprint density at radius 1 is 1.25 bits per heavy atom. The van der Waals surface area contributed by atoms with Crippen molar-refractivity contribution in [3.63, 3.8) is 0 Å². The molecule has 1 fully saturated rings. The number of nitrogens with one attached hydrogen (secondary N) is 1. The zero-order valence-corrected chi connectivity index (χ0v) is 15.3. The van der Waals surface area contributed by atoms with Crippen molar-refractivity contribution >= 4 is 46.7 Å². The summed E-state index contributed by atoms with van der Waals surface area (Å²) >= 11 is 13.6. The van der Waals surface area contributed by atoms with Crippen LogP contribution in [0.2, 0.25) is 10.0 Å². The van der Waals surface area contributed by atoms with Crippen molar-refractivity contribution in [3.05, 3.63) is 58.1 Å². The third kappa shape index (κ3) is 3.58. The molecule has 0 bridgehead atoms. The van der Waals surface area contributed by atoms with Gasteiger partial charge in [-0.2, -0.15) is 0 Å². The van der Waals surface area contributed by atoms with Gasteiger partial charge in [0, 0.05) is 23.5 Å². The number of carbonyl (C=O) groups is 1. The van der Waals surface area contributed by atoms with Crippen molar-refractivity contribution in [1.29, 1.82) is 0 Å². The van der Waals surface area contributed by atoms with Crippen molar-refractivity contribution in [2.75, 3.05) is 24.7 Å². The minimum Gasteiger partial charge on any atom is -0.496 e. The van der Waals surface area contributed by atoms with E-state index >= 15 is 0 Å². The molecule has 0 aromatic heterocycles. The molecule has 126 valence electrons. The first kappa shape index (κ1) is 17.3. The van der Waals surface area contributed by atoms with E-state index in [0.29, 0.717) is 22.3 Å². The van der Waals surface area contributed by atoms with E-state index in [9.17, 15) is 4.79 Å². The van der Waals surface area contributed by atoms with Gasteiger partial charge in [0.1, 0.15) is 11.1 Å². The highest BCUT2D eigenvalue weighted by atomic mass is 35.5. The van der Waals surface area contributed by atoms with Crippen molar-refractivity contribution in [1.82, 2.24) is 4.90 Å². The zero-order valence-electron chi connectivity index (χ0n) is 13.0. The summed E-state index contributed by atoms with van der Waals surface area (Å²) < 4.78 is 5.43. The molecule has 4 nitrogen and oxygen atoms in total. The van der Waals surface area contributed by atoms with Gasteiger partial charge in [-0.3, -0.25) is 0 Å². The maximum Gasteiger partial charge on any atom is 0.323 e. The van der Waals surface area contributed by atoms with Gasteiger partial charge in [0.15, 0.2) is 0 Å². The molecule has 1 aliphatic heterocycles. The van der Waals surface area contributed by atoms with Gasteiger partial charge >= 0.3 is 6.03 Å². The number of para-hydroxylation sites is 1. The van der Waals surface area contributed by atoms with Gasteiger partial charge in [-0.05, 0) is 24.3 Å². The number of thioether (sulfide) groups is 1. The highest BCUT2D eigenvalue weighted by Gasteiger charge is 2.32. The zero-order chi connectivity index (χ0) is 17.1. The van der Waals surface area contributed by atoms with E-state index < -0.39 is 0 Å². The van der Waals surface area contributed by atoms with Crippen LogP contribution in [0, 0.1) is 0 Å². The maximum absolute atomic E-state index is 12.7. The first-order chi connectivity index (χ1) is 11.6. The Labute approximate surface area is 155 Å². The van der Waals surface area contributed by atoms with Gasteiger partial charge in [0.25, 0.3) is 0 Å². The standard InChI is InChI=1S/C17H16Cl2N2O2S/c1-23-15-5-3-2-4-12(15)16-21(8-9-24-16)17(22)20-11-6-7-13(18)14(19)10-11/h2-7,10,16H,8-9H2,1H3,(H,20,22)/t16-/m1/s1. The Hall–Kier alpha value is -1.56. The van der Waals surface area contributed by atoms with Crippen LogP contribution in [-0.2, 0) is 0 Å². The van der Waals surface area contributed by atoms with E-state index in [-0.39, 0.29) is 11.4 Å². The molecule has 0 aliphatic carbocycles. The van der Waals surface area contributed by atoms with E-state index in [2.05, 4.69) is 5.32 Å². The Kier molecular flexibility index (Phi) is 5.43. The molecule has 0 radical (unpaired) electrons. The topological polar surface area (TPSA) is 41.6 Å². The molecule has 2 aromatic rings. The van der Waals surface area contributed by atoms with Gasteiger partial charge in [-0.25, -0.2) is 4.79 Å². The minimum atomic E-state index is -0.172. The Morgan fingerprint density at radius 3 is 2.79 bits per heavy atom. The Bertz CT molecular complexity index is 757. The summed E-state index contributed by atoms with van der Waals surface area (Å²) in [5, 5.41) is 3.66. The molecule has 1 aliphatic rings. The second-order valence-corrected chi connectivity index (χ2v) is 7.22. The number of rotatable bonds is 3. The predicted octanol–water partition coefficient (Wildman–Crippen LogP) is 5.28. The summed E-state index contributed by atoms with van der Waals surface area (Å²) in [4.78, 5) is 14.5. The van der Waals surface area contributed by atoms with Crippen LogP contribution in [0.5, 0.6) is 5.75 Å². The van der Waals surface area contributed by atoms with Gasteiger partial charge in [-0.15, -0.1) is 11.8 Å². The summed E-state index contributed by atoms with van der Waals surface area (Å²) in [6, 6.07) is 12.6. The largest absolute Gasteiger partial charge is 0.496 e. The molecule has 1 saturated heterocycles. The average molecular weight is 383 g/mol. The number of hydrogen-bond donors (Lipinski definition) is 1. The number of carbonyl (C=O) groups excluding carboxylic acids is 1. The number of ether oxygens (including phenoxy) is 1. The monoisotopic (exact) mass is 382 g/mol. The molecule has 24 heavy (non-hydrogen) atoms. The first-order valence-electron chi connectivity index (χ1n) is 7.37. The summed E-state index contributed by atoms with van der Waals surface area (Å²) in [5.41, 5.74) is 1.61. The van der Waals surface area contributed by atoms with Gasteiger partial charge in [-0.1, -0.05) is 41.4 Å². The number of benzene rings is 2. The maximum atomic E-state index is 12.7. The van der Waals surface area contributed by atoms with Gasteiger partial charge in [0.05, 0.1) is 17.2 Å². The fraction of sp³-hybridized carbons (Fsp3) is 0.235. The molecule has 2 aromatic carbocycles. The van der Waals surface area contributed by atoms with Crippen LogP contribution in [0.25, 0.3) is 0 Å². The fourth-order valence-electron chi connectivity index (χ4n) is 2.58. The lowest BCUT2D eigenvalue weighted by Crippen LogP contribution is -2.34. The molecular formula is C17H16Cl2N2O2S. The highest BCUT2D eigenvalue weighted by Crippen LogP contribution is 2.42. The number of hydrogen-bond acceptors (Lipinski definition) is 3. The van der Waals surface area contributed by atoms with E-state index in [1.807, 2.05) is 24.3 Å². The highest BCUT2D eigenvalue weighted by molar-refractivity contribution is 7.99. The van der Waals surface area contributed by atoms with E-state index in [1.54, 1.807) is 42.0 Å². The third-order valence-electron chi connectivity index (χ3n) is 3.73. The SMILES string of the molecule is COc1ccccc1[C@H]1SCCN1C(=O)Nc1ccc(Cl)c(Cl)c1. The fourth-order valence-corrected chi connectivity index (χ4v) is 4.15. The van der Waals surface area contributed by atoms with Crippen LogP contribution in [0.4, 0.5) is 10.5 Å². The van der Waals surface area contributed by atoms with E-state index in [1.165, 1.54) is 0 Å². The Balaban J connectivity index is 1.79. The summed E-state index contributed by atoms with van der Waals surface area (Å²) in [7, 11) is 1.64. The van der Waals surface area contributed by atoms with Crippen LogP contribution in [-0.4, -0.2) is 30.3 Å². The van der Waals surface area contributed by atoms with Gasteiger partial charge < -0.3 is 15.0 Å². The second kappa shape index (κ2) is 7.55. The molecule has 1 N–H and O–H groups in total. The molecule has 0 saturated carbocycles. The molecule has 3 rings (SSSR count). The number of amides is 2. The van der Waals surface area contributed by atoms with E-state index in [4.69, 9.17) is 27.9 Å². The summed E-state index contributed by atoms with van der Waals surface area (Å²) in [6.45, 7) is 0.667. The molecule has 1 atom stereocenters. The molecule has 2 amide bonds. The molecule has 1 heterocycles. The lowest BCUT2D eigenvalue weighted by Gasteiger charge is -2.25.